The van der Waals surface area contributed by atoms with Crippen LogP contribution in [0, 0.1) is 0 Å². The summed E-state index contributed by atoms with van der Waals surface area (Å²) in [5.74, 6) is 0. The second-order valence-corrected chi connectivity index (χ2v) is 8.34. The number of hydrogen-bond donors (Lipinski definition) is 1. The predicted octanol–water partition coefficient (Wildman–Crippen LogP) is 1.52. The number of aromatic nitrogens is 2. The van der Waals surface area contributed by atoms with Gasteiger partial charge in [-0.1, -0.05) is 12.1 Å². The van der Waals surface area contributed by atoms with E-state index >= 15 is 0 Å². The third-order valence-corrected chi connectivity index (χ3v) is 5.56. The molecule has 2 aromatic carbocycles. The van der Waals surface area contributed by atoms with Crippen LogP contribution < -0.4 is 22.0 Å². The molecule has 2 aromatic heterocycles. The Hall–Kier alpha value is -2.94. The van der Waals surface area contributed by atoms with E-state index in [4.69, 9.17) is 0 Å². The quantitative estimate of drug-likeness (QED) is 0.335. The molecule has 4 aromatic rings. The lowest BCUT2D eigenvalue weighted by atomic mass is 10.1. The van der Waals surface area contributed by atoms with Crippen molar-refractivity contribution in [1.82, 2.24) is 18.8 Å². The van der Waals surface area contributed by atoms with E-state index < -0.39 is 5.69 Å². The molecular formula is C23H28ClN5O3. The number of benzene rings is 2. The fourth-order valence-corrected chi connectivity index (χ4v) is 3.95. The SMILES string of the molecule is CN(C)CCNc1ccc2c(=O)n(CCN(C)C)c(=O)n3c4ccccc4c(=O)c1c23.Cl. The molecule has 0 fully saturated rings. The third-order valence-electron chi connectivity index (χ3n) is 5.56. The average molecular weight is 458 g/mol. The van der Waals surface area contributed by atoms with Crippen LogP contribution in [0.15, 0.2) is 50.8 Å². The molecular weight excluding hydrogens is 430 g/mol. The van der Waals surface area contributed by atoms with Gasteiger partial charge >= 0.3 is 5.69 Å². The van der Waals surface area contributed by atoms with Gasteiger partial charge in [0.2, 0.25) is 0 Å². The first-order valence-electron chi connectivity index (χ1n) is 10.3. The molecule has 0 saturated carbocycles. The maximum Gasteiger partial charge on any atom is 0.336 e. The van der Waals surface area contributed by atoms with Gasteiger partial charge in [-0.2, -0.15) is 0 Å². The summed E-state index contributed by atoms with van der Waals surface area (Å²) in [4.78, 5) is 44.1. The maximum absolute atomic E-state index is 13.5. The van der Waals surface area contributed by atoms with E-state index in [1.54, 1.807) is 36.4 Å². The summed E-state index contributed by atoms with van der Waals surface area (Å²) in [6.07, 6.45) is 0. The zero-order valence-corrected chi connectivity index (χ0v) is 19.5. The molecule has 32 heavy (non-hydrogen) atoms. The van der Waals surface area contributed by atoms with Gasteiger partial charge in [0.05, 0.1) is 21.8 Å². The monoisotopic (exact) mass is 457 g/mol. The molecule has 0 unspecified atom stereocenters. The van der Waals surface area contributed by atoms with Crippen molar-refractivity contribution < 1.29 is 0 Å². The van der Waals surface area contributed by atoms with Gasteiger partial charge in [0, 0.05) is 37.3 Å². The van der Waals surface area contributed by atoms with Crippen molar-refractivity contribution >= 4 is 45.3 Å². The lowest BCUT2D eigenvalue weighted by Crippen LogP contribution is -2.40. The molecule has 0 amide bonds. The van der Waals surface area contributed by atoms with Crippen molar-refractivity contribution in [2.24, 2.45) is 0 Å². The highest BCUT2D eigenvalue weighted by atomic mass is 35.5. The minimum atomic E-state index is -0.425. The number of anilines is 1. The normalized spacial score (nSPS) is 11.7. The lowest BCUT2D eigenvalue weighted by molar-refractivity contribution is 0.376. The number of pyridine rings is 1. The molecule has 0 bridgehead atoms. The molecule has 0 radical (unpaired) electrons. The standard InChI is InChI=1S/C23H27N5O3.ClH/c1-25(2)12-11-24-17-10-9-16-20-19(17)21(29)15-7-5-6-8-18(15)28(20)23(31)27(22(16)30)14-13-26(3)4;/h5-10,24H,11-14H2,1-4H3;1H. The van der Waals surface area contributed by atoms with Gasteiger partial charge in [0.25, 0.3) is 5.56 Å². The molecule has 2 heterocycles. The van der Waals surface area contributed by atoms with Crippen LogP contribution in [0.5, 0.6) is 0 Å². The molecule has 170 valence electrons. The summed E-state index contributed by atoms with van der Waals surface area (Å²) >= 11 is 0. The van der Waals surface area contributed by atoms with Crippen LogP contribution in [0.4, 0.5) is 5.69 Å². The fraction of sp³-hybridized carbons (Fsp3) is 0.348. The number of halogens is 1. The van der Waals surface area contributed by atoms with Gasteiger partial charge in [-0.05, 0) is 52.5 Å². The Bertz CT molecular complexity index is 1440. The zero-order valence-electron chi connectivity index (χ0n) is 18.7. The van der Waals surface area contributed by atoms with Gasteiger partial charge in [-0.3, -0.25) is 18.6 Å². The van der Waals surface area contributed by atoms with Crippen LogP contribution in [0.1, 0.15) is 0 Å². The smallest absolute Gasteiger partial charge is 0.336 e. The number of fused-ring (bicyclic) bond motifs is 2. The topological polar surface area (TPSA) is 79.1 Å². The highest BCUT2D eigenvalue weighted by molar-refractivity contribution is 6.07. The van der Waals surface area contributed by atoms with E-state index in [0.717, 1.165) is 6.54 Å². The van der Waals surface area contributed by atoms with Gasteiger partial charge in [0.15, 0.2) is 5.43 Å². The van der Waals surface area contributed by atoms with E-state index in [1.165, 1.54) is 8.97 Å². The minimum absolute atomic E-state index is 0. The van der Waals surface area contributed by atoms with Crippen LogP contribution in [-0.2, 0) is 6.54 Å². The van der Waals surface area contributed by atoms with Crippen molar-refractivity contribution in [3.8, 4) is 0 Å². The van der Waals surface area contributed by atoms with Crippen LogP contribution in [0.3, 0.4) is 0 Å². The Morgan fingerprint density at radius 2 is 1.56 bits per heavy atom. The molecule has 0 atom stereocenters. The molecule has 0 aliphatic carbocycles. The van der Waals surface area contributed by atoms with Gasteiger partial charge < -0.3 is 15.1 Å². The van der Waals surface area contributed by atoms with E-state index in [-0.39, 0.29) is 29.9 Å². The minimum Gasteiger partial charge on any atom is -0.383 e. The molecule has 9 heteroatoms. The van der Waals surface area contributed by atoms with Crippen LogP contribution in [0.2, 0.25) is 0 Å². The highest BCUT2D eigenvalue weighted by Gasteiger charge is 2.20. The summed E-state index contributed by atoms with van der Waals surface area (Å²) in [5, 5.41) is 4.52. The Morgan fingerprint density at radius 3 is 2.25 bits per heavy atom. The van der Waals surface area contributed by atoms with Gasteiger partial charge in [-0.15, -0.1) is 12.4 Å². The highest BCUT2D eigenvalue weighted by Crippen LogP contribution is 2.26. The largest absolute Gasteiger partial charge is 0.383 e. The first-order chi connectivity index (χ1) is 14.8. The van der Waals surface area contributed by atoms with E-state index in [2.05, 4.69) is 5.32 Å². The van der Waals surface area contributed by atoms with E-state index in [9.17, 15) is 14.4 Å². The van der Waals surface area contributed by atoms with Crippen molar-refractivity contribution in [3.05, 3.63) is 67.5 Å². The number of hydrogen-bond acceptors (Lipinski definition) is 6. The third kappa shape index (κ3) is 3.97. The number of para-hydroxylation sites is 1. The number of nitrogens with one attached hydrogen (secondary N) is 1. The second-order valence-electron chi connectivity index (χ2n) is 8.34. The fourth-order valence-electron chi connectivity index (χ4n) is 3.95. The number of nitrogens with zero attached hydrogens (tertiary/aromatic N) is 4. The average Bonchev–Trinajstić information content (AvgIpc) is 2.72. The number of rotatable bonds is 7. The summed E-state index contributed by atoms with van der Waals surface area (Å²) in [7, 11) is 7.74. The van der Waals surface area contributed by atoms with Crippen molar-refractivity contribution in [1.29, 1.82) is 0 Å². The Balaban J connectivity index is 0.00000289. The summed E-state index contributed by atoms with van der Waals surface area (Å²) < 4.78 is 2.79. The molecule has 1 N–H and O–H groups in total. The van der Waals surface area contributed by atoms with E-state index in [1.807, 2.05) is 38.0 Å². The second kappa shape index (κ2) is 9.28. The predicted molar refractivity (Wildman–Crippen MR) is 133 cm³/mol. The van der Waals surface area contributed by atoms with Gasteiger partial charge in [-0.25, -0.2) is 4.79 Å². The van der Waals surface area contributed by atoms with Crippen molar-refractivity contribution in [3.63, 3.8) is 0 Å². The zero-order chi connectivity index (χ0) is 22.3. The molecule has 8 nitrogen and oxygen atoms in total. The van der Waals surface area contributed by atoms with E-state index in [0.29, 0.717) is 46.0 Å². The van der Waals surface area contributed by atoms with Crippen LogP contribution in [-0.4, -0.2) is 66.6 Å². The van der Waals surface area contributed by atoms with Crippen molar-refractivity contribution in [2.75, 3.05) is 53.1 Å². The van der Waals surface area contributed by atoms with Gasteiger partial charge in [0.1, 0.15) is 0 Å². The van der Waals surface area contributed by atoms with Crippen LogP contribution in [0.25, 0.3) is 27.2 Å². The molecule has 4 rings (SSSR count). The first kappa shape index (κ1) is 23.7. The Labute approximate surface area is 191 Å². The summed E-state index contributed by atoms with van der Waals surface area (Å²) in [6, 6.07) is 10.5. The Morgan fingerprint density at radius 1 is 0.875 bits per heavy atom. The molecule has 0 aliphatic rings. The Kier molecular flexibility index (Phi) is 6.88. The lowest BCUT2D eigenvalue weighted by Gasteiger charge is -2.18. The molecule has 0 spiro atoms. The molecule has 0 saturated heterocycles. The summed E-state index contributed by atoms with van der Waals surface area (Å²) in [6.45, 7) is 2.24. The molecule has 0 aliphatic heterocycles. The number of likely N-dealkylation sites (N-methyl/N-ethyl adjacent to an activating group) is 2. The maximum atomic E-state index is 13.5. The van der Waals surface area contributed by atoms with Crippen LogP contribution >= 0.6 is 12.4 Å². The van der Waals surface area contributed by atoms with Crippen molar-refractivity contribution in [2.45, 2.75) is 6.54 Å². The summed E-state index contributed by atoms with van der Waals surface area (Å²) in [5.41, 5.74) is 0.553. The first-order valence-corrected chi connectivity index (χ1v) is 10.3.